The molecular formula is C28H31N5. The Bertz CT molecular complexity index is 1140. The summed E-state index contributed by atoms with van der Waals surface area (Å²) in [5.41, 5.74) is 11.8. The highest BCUT2D eigenvalue weighted by Gasteiger charge is 2.20. The summed E-state index contributed by atoms with van der Waals surface area (Å²) in [6, 6.07) is 29.0. The summed E-state index contributed by atoms with van der Waals surface area (Å²) in [5, 5.41) is 3.47. The molecule has 0 saturated carbocycles. The first-order valence-corrected chi connectivity index (χ1v) is 11.2. The molecule has 0 saturated heterocycles. The standard InChI is InChI=1S/C28H31N5/c1-28(2,3)23-16-10-11-17-24(23)32-26-25(29)27(31-20-30-26)33(18-21-12-6-4-7-13-21)19-22-14-8-5-9-15-22/h4-17,20H,18-19,29H2,1-3H3,(H,30,31,32). The van der Waals surface area contributed by atoms with Crippen LogP contribution in [0.5, 0.6) is 0 Å². The van der Waals surface area contributed by atoms with Gasteiger partial charge in [0.1, 0.15) is 12.0 Å². The fraction of sp³-hybridized carbons (Fsp3) is 0.214. The average Bonchev–Trinajstić information content (AvgIpc) is 2.81. The van der Waals surface area contributed by atoms with Gasteiger partial charge in [0.2, 0.25) is 0 Å². The molecule has 33 heavy (non-hydrogen) atoms. The summed E-state index contributed by atoms with van der Waals surface area (Å²) >= 11 is 0. The number of nitrogens with one attached hydrogen (secondary N) is 1. The fourth-order valence-electron chi connectivity index (χ4n) is 3.92. The Morgan fingerprint density at radius 2 is 1.30 bits per heavy atom. The average molecular weight is 438 g/mol. The van der Waals surface area contributed by atoms with Crippen molar-refractivity contribution in [1.29, 1.82) is 0 Å². The minimum atomic E-state index is -0.0130. The van der Waals surface area contributed by atoms with Gasteiger partial charge in [-0.25, -0.2) is 9.97 Å². The number of nitrogen functional groups attached to an aromatic ring is 1. The number of aromatic nitrogens is 2. The number of nitrogens with zero attached hydrogens (tertiary/aromatic N) is 3. The molecule has 0 bridgehead atoms. The van der Waals surface area contributed by atoms with Crippen molar-refractivity contribution in [2.45, 2.75) is 39.3 Å². The zero-order valence-electron chi connectivity index (χ0n) is 19.5. The number of para-hydroxylation sites is 1. The summed E-state index contributed by atoms with van der Waals surface area (Å²) in [6.45, 7) is 7.97. The van der Waals surface area contributed by atoms with E-state index in [-0.39, 0.29) is 5.41 Å². The summed E-state index contributed by atoms with van der Waals surface area (Å²) in [4.78, 5) is 11.3. The van der Waals surface area contributed by atoms with Gasteiger partial charge in [-0.3, -0.25) is 0 Å². The number of rotatable bonds is 7. The molecule has 5 heteroatoms. The van der Waals surface area contributed by atoms with Gasteiger partial charge < -0.3 is 16.0 Å². The Kier molecular flexibility index (Phi) is 6.59. The molecule has 1 aromatic heterocycles. The van der Waals surface area contributed by atoms with Crippen molar-refractivity contribution < 1.29 is 0 Å². The summed E-state index contributed by atoms with van der Waals surface area (Å²) in [5.74, 6) is 1.33. The SMILES string of the molecule is CC(C)(C)c1ccccc1Nc1ncnc(N(Cc2ccccc2)Cc2ccccc2)c1N. The zero-order valence-corrected chi connectivity index (χ0v) is 19.5. The minimum absolute atomic E-state index is 0.0130. The normalized spacial score (nSPS) is 11.2. The van der Waals surface area contributed by atoms with Crippen LogP contribution in [0.3, 0.4) is 0 Å². The van der Waals surface area contributed by atoms with Crippen LogP contribution in [0.15, 0.2) is 91.3 Å². The lowest BCUT2D eigenvalue weighted by atomic mass is 9.86. The third-order valence-corrected chi connectivity index (χ3v) is 5.58. The van der Waals surface area contributed by atoms with Gasteiger partial charge in [-0.1, -0.05) is 99.6 Å². The Hall–Kier alpha value is -3.86. The Morgan fingerprint density at radius 3 is 1.88 bits per heavy atom. The number of benzene rings is 3. The molecule has 0 aliphatic rings. The van der Waals surface area contributed by atoms with Gasteiger partial charge in [0.05, 0.1) is 0 Å². The lowest BCUT2D eigenvalue weighted by molar-refractivity contribution is 0.592. The number of hydrogen-bond acceptors (Lipinski definition) is 5. The van der Waals surface area contributed by atoms with E-state index in [4.69, 9.17) is 5.73 Å². The van der Waals surface area contributed by atoms with Crippen LogP contribution in [0, 0.1) is 0 Å². The van der Waals surface area contributed by atoms with Crippen LogP contribution in [0.4, 0.5) is 23.0 Å². The molecule has 0 atom stereocenters. The maximum Gasteiger partial charge on any atom is 0.159 e. The van der Waals surface area contributed by atoms with Crippen molar-refractivity contribution in [2.24, 2.45) is 0 Å². The van der Waals surface area contributed by atoms with Crippen LogP contribution < -0.4 is 16.0 Å². The van der Waals surface area contributed by atoms with E-state index in [0.29, 0.717) is 30.4 Å². The first kappa shape index (κ1) is 22.3. The molecule has 4 aromatic rings. The van der Waals surface area contributed by atoms with Gasteiger partial charge in [-0.2, -0.15) is 0 Å². The van der Waals surface area contributed by atoms with Crippen LogP contribution in [0.25, 0.3) is 0 Å². The van der Waals surface area contributed by atoms with Gasteiger partial charge in [0.15, 0.2) is 11.6 Å². The van der Waals surface area contributed by atoms with Gasteiger partial charge in [-0.05, 0) is 28.2 Å². The predicted molar refractivity (Wildman–Crippen MR) is 138 cm³/mol. The van der Waals surface area contributed by atoms with E-state index < -0.39 is 0 Å². The monoisotopic (exact) mass is 437 g/mol. The third-order valence-electron chi connectivity index (χ3n) is 5.58. The first-order valence-electron chi connectivity index (χ1n) is 11.2. The van der Waals surface area contributed by atoms with Crippen molar-refractivity contribution in [1.82, 2.24) is 9.97 Å². The zero-order chi connectivity index (χ0) is 23.3. The molecule has 168 valence electrons. The fourth-order valence-corrected chi connectivity index (χ4v) is 3.92. The molecule has 0 amide bonds. The Labute approximate surface area is 196 Å². The molecule has 4 rings (SSSR count). The molecule has 0 spiro atoms. The van der Waals surface area contributed by atoms with Gasteiger partial charge >= 0.3 is 0 Å². The molecular weight excluding hydrogens is 406 g/mol. The second-order valence-corrected chi connectivity index (χ2v) is 9.21. The number of anilines is 4. The van der Waals surface area contributed by atoms with Crippen LogP contribution in [0.1, 0.15) is 37.5 Å². The highest BCUT2D eigenvalue weighted by atomic mass is 15.2. The number of hydrogen-bond donors (Lipinski definition) is 2. The molecule has 0 aliphatic carbocycles. The predicted octanol–water partition coefficient (Wildman–Crippen LogP) is 6.31. The quantitative estimate of drug-likeness (QED) is 0.355. The lowest BCUT2D eigenvalue weighted by Crippen LogP contribution is -2.25. The molecule has 5 nitrogen and oxygen atoms in total. The topological polar surface area (TPSA) is 67.1 Å². The van der Waals surface area contributed by atoms with E-state index in [9.17, 15) is 0 Å². The van der Waals surface area contributed by atoms with Crippen LogP contribution in [0.2, 0.25) is 0 Å². The van der Waals surface area contributed by atoms with E-state index in [0.717, 1.165) is 5.69 Å². The Balaban J connectivity index is 1.69. The third kappa shape index (κ3) is 5.50. The van der Waals surface area contributed by atoms with Crippen molar-refractivity contribution in [3.8, 4) is 0 Å². The summed E-state index contributed by atoms with van der Waals surface area (Å²) < 4.78 is 0. The number of nitrogens with two attached hydrogens (primary N) is 1. The van der Waals surface area contributed by atoms with Crippen molar-refractivity contribution in [3.05, 3.63) is 108 Å². The lowest BCUT2D eigenvalue weighted by Gasteiger charge is -2.27. The second kappa shape index (κ2) is 9.74. The molecule has 0 fully saturated rings. The molecule has 1 heterocycles. The van der Waals surface area contributed by atoms with E-state index in [1.807, 2.05) is 18.2 Å². The van der Waals surface area contributed by atoms with Crippen LogP contribution in [-0.2, 0) is 18.5 Å². The Morgan fingerprint density at radius 1 is 0.758 bits per heavy atom. The highest BCUT2D eigenvalue weighted by molar-refractivity contribution is 5.79. The van der Waals surface area contributed by atoms with Crippen molar-refractivity contribution >= 4 is 23.0 Å². The maximum absolute atomic E-state index is 6.67. The van der Waals surface area contributed by atoms with Crippen LogP contribution >= 0.6 is 0 Å². The largest absolute Gasteiger partial charge is 0.393 e. The smallest absolute Gasteiger partial charge is 0.159 e. The van der Waals surface area contributed by atoms with Crippen molar-refractivity contribution in [3.63, 3.8) is 0 Å². The van der Waals surface area contributed by atoms with Gasteiger partial charge in [0, 0.05) is 18.8 Å². The first-order chi connectivity index (χ1) is 15.9. The molecule has 0 aliphatic heterocycles. The van der Waals surface area contributed by atoms with E-state index in [1.165, 1.54) is 16.7 Å². The second-order valence-electron chi connectivity index (χ2n) is 9.21. The maximum atomic E-state index is 6.67. The van der Waals surface area contributed by atoms with Gasteiger partial charge in [0.25, 0.3) is 0 Å². The summed E-state index contributed by atoms with van der Waals surface area (Å²) in [6.07, 6.45) is 1.58. The van der Waals surface area contributed by atoms with Gasteiger partial charge in [-0.15, -0.1) is 0 Å². The van der Waals surface area contributed by atoms with Crippen LogP contribution in [-0.4, -0.2) is 9.97 Å². The van der Waals surface area contributed by atoms with E-state index >= 15 is 0 Å². The van der Waals surface area contributed by atoms with Crippen molar-refractivity contribution in [2.75, 3.05) is 16.0 Å². The minimum Gasteiger partial charge on any atom is -0.393 e. The summed E-state index contributed by atoms with van der Waals surface area (Å²) in [7, 11) is 0. The highest BCUT2D eigenvalue weighted by Crippen LogP contribution is 2.34. The van der Waals surface area contributed by atoms with E-state index in [1.54, 1.807) is 6.33 Å². The molecule has 0 unspecified atom stereocenters. The molecule has 3 aromatic carbocycles. The molecule has 3 N–H and O–H groups in total. The molecule has 0 radical (unpaired) electrons. The van der Waals surface area contributed by atoms with E-state index in [2.05, 4.69) is 108 Å².